The molecule has 0 radical (unpaired) electrons. The van der Waals surface area contributed by atoms with E-state index in [4.69, 9.17) is 4.74 Å². The predicted molar refractivity (Wildman–Crippen MR) is 105 cm³/mol. The van der Waals surface area contributed by atoms with Gasteiger partial charge in [0.15, 0.2) is 6.61 Å². The first-order valence-electron chi connectivity index (χ1n) is 8.76. The minimum Gasteiger partial charge on any atom is -0.484 e. The van der Waals surface area contributed by atoms with Gasteiger partial charge in [-0.2, -0.15) is 0 Å². The standard InChI is InChI=1S/C21H19N3O3/c25-20(14-27-19-10-5-15-3-1-2-4-16(15)13-19)23-17-6-8-18(9-7-17)24-12-11-22-21(24)26/h1-10,13H,11-12,14H2,(H,22,26)(H,23,25). The highest BCUT2D eigenvalue weighted by Gasteiger charge is 2.20. The zero-order valence-electron chi connectivity index (χ0n) is 14.6. The molecule has 6 heteroatoms. The quantitative estimate of drug-likeness (QED) is 0.732. The third-order valence-electron chi connectivity index (χ3n) is 4.41. The van der Waals surface area contributed by atoms with Crippen molar-refractivity contribution in [2.75, 3.05) is 29.9 Å². The number of carbonyl (C=O) groups excluding carboxylic acids is 2. The first kappa shape index (κ1) is 16.9. The Bertz CT molecular complexity index is 985. The maximum Gasteiger partial charge on any atom is 0.321 e. The maximum absolute atomic E-state index is 12.1. The van der Waals surface area contributed by atoms with Crippen molar-refractivity contribution >= 4 is 34.1 Å². The van der Waals surface area contributed by atoms with E-state index in [1.165, 1.54) is 0 Å². The van der Waals surface area contributed by atoms with E-state index < -0.39 is 0 Å². The number of hydrogen-bond acceptors (Lipinski definition) is 3. The molecule has 27 heavy (non-hydrogen) atoms. The zero-order chi connectivity index (χ0) is 18.6. The van der Waals surface area contributed by atoms with E-state index in [9.17, 15) is 9.59 Å². The van der Waals surface area contributed by atoms with Crippen LogP contribution in [-0.2, 0) is 4.79 Å². The van der Waals surface area contributed by atoms with Gasteiger partial charge < -0.3 is 15.4 Å². The van der Waals surface area contributed by atoms with Crippen LogP contribution in [0.25, 0.3) is 10.8 Å². The molecule has 1 fully saturated rings. The van der Waals surface area contributed by atoms with Crippen LogP contribution in [0.4, 0.5) is 16.2 Å². The molecule has 1 aliphatic rings. The normalized spacial score (nSPS) is 13.5. The van der Waals surface area contributed by atoms with Crippen LogP contribution in [0.5, 0.6) is 5.75 Å². The van der Waals surface area contributed by atoms with Gasteiger partial charge in [-0.15, -0.1) is 0 Å². The second-order valence-corrected chi connectivity index (χ2v) is 6.28. The Morgan fingerprint density at radius 3 is 2.56 bits per heavy atom. The van der Waals surface area contributed by atoms with Crippen molar-refractivity contribution in [1.82, 2.24) is 5.32 Å². The summed E-state index contributed by atoms with van der Waals surface area (Å²) in [4.78, 5) is 25.5. The van der Waals surface area contributed by atoms with E-state index in [1.807, 2.05) is 54.6 Å². The van der Waals surface area contributed by atoms with Gasteiger partial charge in [-0.05, 0) is 47.2 Å². The molecule has 3 aromatic rings. The van der Waals surface area contributed by atoms with Crippen LogP contribution < -0.4 is 20.3 Å². The van der Waals surface area contributed by atoms with Crippen molar-refractivity contribution in [3.05, 3.63) is 66.7 Å². The van der Waals surface area contributed by atoms with Gasteiger partial charge in [0.05, 0.1) is 0 Å². The number of rotatable bonds is 5. The fourth-order valence-corrected chi connectivity index (χ4v) is 3.05. The molecule has 1 heterocycles. The summed E-state index contributed by atoms with van der Waals surface area (Å²) in [5.74, 6) is 0.411. The van der Waals surface area contributed by atoms with E-state index in [0.29, 0.717) is 24.5 Å². The molecule has 2 N–H and O–H groups in total. The number of carbonyl (C=O) groups is 2. The molecule has 0 bridgehead atoms. The van der Waals surface area contributed by atoms with Gasteiger partial charge in [-0.3, -0.25) is 9.69 Å². The number of amides is 3. The molecular formula is C21H19N3O3. The Balaban J connectivity index is 1.34. The molecule has 1 aliphatic heterocycles. The highest BCUT2D eigenvalue weighted by Crippen LogP contribution is 2.21. The third kappa shape index (κ3) is 3.84. The second-order valence-electron chi connectivity index (χ2n) is 6.28. The number of nitrogens with one attached hydrogen (secondary N) is 2. The first-order chi connectivity index (χ1) is 13.2. The van der Waals surface area contributed by atoms with Gasteiger partial charge in [0.2, 0.25) is 0 Å². The molecule has 4 rings (SSSR count). The summed E-state index contributed by atoms with van der Waals surface area (Å²) in [5.41, 5.74) is 1.46. The second kappa shape index (κ2) is 7.37. The number of anilines is 2. The van der Waals surface area contributed by atoms with Crippen molar-refractivity contribution < 1.29 is 14.3 Å². The third-order valence-corrected chi connectivity index (χ3v) is 4.41. The van der Waals surface area contributed by atoms with Crippen molar-refractivity contribution in [2.24, 2.45) is 0 Å². The van der Waals surface area contributed by atoms with E-state index in [1.54, 1.807) is 17.0 Å². The zero-order valence-corrected chi connectivity index (χ0v) is 14.6. The molecule has 0 aliphatic carbocycles. The molecular weight excluding hydrogens is 342 g/mol. The molecule has 0 aromatic heterocycles. The van der Waals surface area contributed by atoms with Crippen molar-refractivity contribution in [1.29, 1.82) is 0 Å². The predicted octanol–water partition coefficient (Wildman–Crippen LogP) is 3.39. The number of ether oxygens (including phenoxy) is 1. The molecule has 3 aromatic carbocycles. The van der Waals surface area contributed by atoms with Gasteiger partial charge in [-0.25, -0.2) is 4.79 Å². The van der Waals surface area contributed by atoms with E-state index in [2.05, 4.69) is 10.6 Å². The minimum absolute atomic E-state index is 0.0748. The van der Waals surface area contributed by atoms with Crippen LogP contribution >= 0.6 is 0 Å². The van der Waals surface area contributed by atoms with E-state index in [0.717, 1.165) is 16.5 Å². The van der Waals surface area contributed by atoms with Gasteiger partial charge in [0.25, 0.3) is 5.91 Å². The summed E-state index contributed by atoms with van der Waals surface area (Å²) >= 11 is 0. The van der Waals surface area contributed by atoms with Gasteiger partial charge in [0.1, 0.15) is 5.75 Å². The Hall–Kier alpha value is -3.54. The van der Waals surface area contributed by atoms with Crippen LogP contribution in [-0.4, -0.2) is 31.6 Å². The number of urea groups is 1. The molecule has 3 amide bonds. The Kier molecular flexibility index (Phi) is 4.61. The molecule has 0 unspecified atom stereocenters. The lowest BCUT2D eigenvalue weighted by Crippen LogP contribution is -2.27. The number of nitrogens with zero attached hydrogens (tertiary/aromatic N) is 1. The Labute approximate surface area is 156 Å². The highest BCUT2D eigenvalue weighted by molar-refractivity contribution is 5.95. The van der Waals surface area contributed by atoms with Crippen LogP contribution in [0.1, 0.15) is 0 Å². The lowest BCUT2D eigenvalue weighted by atomic mass is 10.1. The summed E-state index contributed by atoms with van der Waals surface area (Å²) in [7, 11) is 0. The number of hydrogen-bond donors (Lipinski definition) is 2. The lowest BCUT2D eigenvalue weighted by molar-refractivity contribution is -0.118. The molecule has 0 atom stereocenters. The highest BCUT2D eigenvalue weighted by atomic mass is 16.5. The van der Waals surface area contributed by atoms with Crippen LogP contribution in [0, 0.1) is 0 Å². The largest absolute Gasteiger partial charge is 0.484 e. The molecule has 1 saturated heterocycles. The Morgan fingerprint density at radius 1 is 1.04 bits per heavy atom. The topological polar surface area (TPSA) is 70.7 Å². The molecule has 6 nitrogen and oxygen atoms in total. The minimum atomic E-state index is -0.241. The fraction of sp³-hybridized carbons (Fsp3) is 0.143. The van der Waals surface area contributed by atoms with Gasteiger partial charge in [0, 0.05) is 24.5 Å². The van der Waals surface area contributed by atoms with Crippen molar-refractivity contribution in [3.8, 4) is 5.75 Å². The van der Waals surface area contributed by atoms with Crippen molar-refractivity contribution in [3.63, 3.8) is 0 Å². The van der Waals surface area contributed by atoms with Gasteiger partial charge in [-0.1, -0.05) is 30.3 Å². The SMILES string of the molecule is O=C(COc1ccc2ccccc2c1)Nc1ccc(N2CCNC2=O)cc1. The number of benzene rings is 3. The van der Waals surface area contributed by atoms with Crippen LogP contribution in [0.3, 0.4) is 0 Å². The fourth-order valence-electron chi connectivity index (χ4n) is 3.05. The average molecular weight is 361 g/mol. The smallest absolute Gasteiger partial charge is 0.321 e. The summed E-state index contributed by atoms with van der Waals surface area (Å²) < 4.78 is 5.59. The van der Waals surface area contributed by atoms with Crippen LogP contribution in [0.15, 0.2) is 66.7 Å². The van der Waals surface area contributed by atoms with Crippen LogP contribution in [0.2, 0.25) is 0 Å². The first-order valence-corrected chi connectivity index (χ1v) is 8.76. The molecule has 136 valence electrons. The summed E-state index contributed by atoms with van der Waals surface area (Å²) in [6.07, 6.45) is 0. The molecule has 0 saturated carbocycles. The average Bonchev–Trinajstić information content (AvgIpc) is 3.13. The lowest BCUT2D eigenvalue weighted by Gasteiger charge is -2.14. The molecule has 0 spiro atoms. The monoisotopic (exact) mass is 361 g/mol. The summed E-state index contributed by atoms with van der Waals surface area (Å²) in [6, 6.07) is 20.8. The summed E-state index contributed by atoms with van der Waals surface area (Å²) in [5, 5.41) is 7.75. The van der Waals surface area contributed by atoms with Gasteiger partial charge >= 0.3 is 6.03 Å². The van der Waals surface area contributed by atoms with E-state index in [-0.39, 0.29) is 18.5 Å². The van der Waals surface area contributed by atoms with E-state index >= 15 is 0 Å². The maximum atomic E-state index is 12.1. The number of fused-ring (bicyclic) bond motifs is 1. The summed E-state index contributed by atoms with van der Waals surface area (Å²) in [6.45, 7) is 1.21. The Morgan fingerprint density at radius 2 is 1.81 bits per heavy atom. The van der Waals surface area contributed by atoms with Crippen molar-refractivity contribution in [2.45, 2.75) is 0 Å².